The Morgan fingerprint density at radius 2 is 2.15 bits per heavy atom. The zero-order chi connectivity index (χ0) is 14.7. The molecule has 0 fully saturated rings. The van der Waals surface area contributed by atoms with Crippen LogP contribution in [0.15, 0.2) is 32.6 Å². The second kappa shape index (κ2) is 6.10. The zero-order valence-electron chi connectivity index (χ0n) is 11.4. The summed E-state index contributed by atoms with van der Waals surface area (Å²) < 4.78 is 0.811. The number of oxime groups is 1. The molecule has 0 saturated carbocycles. The van der Waals surface area contributed by atoms with Gasteiger partial charge in [0.1, 0.15) is 0 Å². The maximum atomic E-state index is 8.85. The topological polar surface area (TPSA) is 87.6 Å². The van der Waals surface area contributed by atoms with Crippen LogP contribution in [-0.2, 0) is 0 Å². The van der Waals surface area contributed by atoms with Crippen molar-refractivity contribution >= 4 is 34.1 Å². The Labute approximate surface area is 125 Å². The largest absolute Gasteiger partial charge is 0.409 e. The summed E-state index contributed by atoms with van der Waals surface area (Å²) >= 11 is 2.95. The average molecular weight is 309 g/mol. The monoisotopic (exact) mass is 309 g/mol. The lowest BCUT2D eigenvalue weighted by Crippen LogP contribution is -2.14. The van der Waals surface area contributed by atoms with Crippen LogP contribution in [0.2, 0.25) is 0 Å². The minimum Gasteiger partial charge on any atom is -0.409 e. The second-order valence-electron chi connectivity index (χ2n) is 4.33. The fraction of sp³-hybridized carbons (Fsp3) is 0.250. The van der Waals surface area contributed by atoms with Crippen molar-refractivity contribution in [2.45, 2.75) is 16.2 Å². The predicted molar refractivity (Wildman–Crippen MR) is 82.0 cm³/mol. The van der Waals surface area contributed by atoms with Gasteiger partial charge in [-0.2, -0.15) is 0 Å². The Morgan fingerprint density at radius 3 is 2.75 bits per heavy atom. The van der Waals surface area contributed by atoms with Gasteiger partial charge in [-0.15, -0.1) is 10.2 Å². The standard InChI is InChI=1S/C12H15N5OS2/c1-7-4-5-8(10(13)16-18)9(6-7)19-12-15-14-11(20-12)17(2)3/h4-6,18H,1-3H3,(H2,13,16). The highest BCUT2D eigenvalue weighted by atomic mass is 32.2. The first kappa shape index (κ1) is 14.6. The second-order valence-corrected chi connectivity index (χ2v) is 6.58. The lowest BCUT2D eigenvalue weighted by molar-refractivity contribution is 0.318. The molecule has 20 heavy (non-hydrogen) atoms. The Kier molecular flexibility index (Phi) is 4.46. The Balaban J connectivity index is 2.34. The molecule has 0 spiro atoms. The molecule has 0 amide bonds. The van der Waals surface area contributed by atoms with Gasteiger partial charge in [0.2, 0.25) is 5.13 Å². The summed E-state index contributed by atoms with van der Waals surface area (Å²) in [6.45, 7) is 1.99. The van der Waals surface area contributed by atoms with Crippen molar-refractivity contribution in [3.8, 4) is 0 Å². The van der Waals surface area contributed by atoms with Crippen molar-refractivity contribution in [3.63, 3.8) is 0 Å². The molecule has 0 aliphatic heterocycles. The van der Waals surface area contributed by atoms with Crippen LogP contribution in [0.25, 0.3) is 0 Å². The minimum absolute atomic E-state index is 0.0878. The van der Waals surface area contributed by atoms with Crippen LogP contribution in [0.5, 0.6) is 0 Å². The molecule has 0 bridgehead atoms. The molecule has 106 valence electrons. The summed E-state index contributed by atoms with van der Waals surface area (Å²) in [6, 6.07) is 5.73. The van der Waals surface area contributed by atoms with Gasteiger partial charge in [-0.3, -0.25) is 0 Å². The van der Waals surface area contributed by atoms with Crippen LogP contribution >= 0.6 is 23.1 Å². The molecule has 2 aromatic rings. The molecule has 0 aliphatic rings. The minimum atomic E-state index is 0.0878. The third kappa shape index (κ3) is 3.20. The molecule has 1 aromatic carbocycles. The van der Waals surface area contributed by atoms with Gasteiger partial charge in [-0.1, -0.05) is 34.3 Å². The smallest absolute Gasteiger partial charge is 0.208 e. The van der Waals surface area contributed by atoms with E-state index in [-0.39, 0.29) is 5.84 Å². The first-order chi connectivity index (χ1) is 9.51. The molecule has 0 unspecified atom stereocenters. The number of hydrogen-bond acceptors (Lipinski definition) is 7. The first-order valence-electron chi connectivity index (χ1n) is 5.78. The lowest BCUT2D eigenvalue weighted by Gasteiger charge is -2.07. The number of amidine groups is 1. The molecule has 2 rings (SSSR count). The van der Waals surface area contributed by atoms with Gasteiger partial charge in [0.15, 0.2) is 10.2 Å². The van der Waals surface area contributed by atoms with E-state index in [1.165, 1.54) is 23.1 Å². The fourth-order valence-electron chi connectivity index (χ4n) is 1.50. The van der Waals surface area contributed by atoms with E-state index in [2.05, 4.69) is 15.4 Å². The number of nitrogens with two attached hydrogens (primary N) is 1. The third-order valence-corrected chi connectivity index (χ3v) is 4.70. The predicted octanol–water partition coefficient (Wildman–Crippen LogP) is 2.16. The molecule has 0 aliphatic carbocycles. The van der Waals surface area contributed by atoms with Crippen LogP contribution in [0.1, 0.15) is 11.1 Å². The lowest BCUT2D eigenvalue weighted by atomic mass is 10.1. The van der Waals surface area contributed by atoms with Crippen molar-refractivity contribution in [3.05, 3.63) is 29.3 Å². The summed E-state index contributed by atoms with van der Waals surface area (Å²) in [5, 5.41) is 21.0. The van der Waals surface area contributed by atoms with E-state index >= 15 is 0 Å². The van der Waals surface area contributed by atoms with Gasteiger partial charge in [-0.05, 0) is 24.6 Å². The van der Waals surface area contributed by atoms with Crippen LogP contribution in [-0.4, -0.2) is 35.3 Å². The van der Waals surface area contributed by atoms with Crippen LogP contribution in [0.3, 0.4) is 0 Å². The number of aryl methyl sites for hydroxylation is 1. The third-order valence-electron chi connectivity index (χ3n) is 2.50. The Bertz CT molecular complexity index is 639. The molecule has 0 atom stereocenters. The first-order valence-corrected chi connectivity index (χ1v) is 7.42. The molecular weight excluding hydrogens is 294 g/mol. The quantitative estimate of drug-likeness (QED) is 0.389. The summed E-state index contributed by atoms with van der Waals surface area (Å²) in [7, 11) is 3.84. The molecule has 6 nitrogen and oxygen atoms in total. The van der Waals surface area contributed by atoms with Gasteiger partial charge in [0.05, 0.1) is 0 Å². The highest BCUT2D eigenvalue weighted by Crippen LogP contribution is 2.35. The van der Waals surface area contributed by atoms with Crippen LogP contribution in [0, 0.1) is 6.92 Å². The molecule has 1 heterocycles. The number of anilines is 1. The Morgan fingerprint density at radius 1 is 1.40 bits per heavy atom. The molecular formula is C12H15N5OS2. The molecule has 8 heteroatoms. The van der Waals surface area contributed by atoms with Crippen molar-refractivity contribution in [2.75, 3.05) is 19.0 Å². The van der Waals surface area contributed by atoms with E-state index in [0.29, 0.717) is 5.56 Å². The van der Waals surface area contributed by atoms with Crippen molar-refractivity contribution < 1.29 is 5.21 Å². The summed E-state index contributed by atoms with van der Waals surface area (Å²) in [5.74, 6) is 0.0878. The highest BCUT2D eigenvalue weighted by Gasteiger charge is 2.13. The number of benzene rings is 1. The normalized spacial score (nSPS) is 11.7. The summed E-state index contributed by atoms with van der Waals surface area (Å²) in [6.07, 6.45) is 0. The van der Waals surface area contributed by atoms with Crippen molar-refractivity contribution in [1.29, 1.82) is 0 Å². The van der Waals surface area contributed by atoms with E-state index < -0.39 is 0 Å². The Hall–Kier alpha value is -1.80. The summed E-state index contributed by atoms with van der Waals surface area (Å²) in [4.78, 5) is 2.80. The van der Waals surface area contributed by atoms with Crippen molar-refractivity contribution in [1.82, 2.24) is 10.2 Å². The van der Waals surface area contributed by atoms with Gasteiger partial charge in [0.25, 0.3) is 0 Å². The number of hydrogen-bond donors (Lipinski definition) is 2. The zero-order valence-corrected chi connectivity index (χ0v) is 13.0. The number of rotatable bonds is 4. The van der Waals surface area contributed by atoms with Crippen LogP contribution in [0.4, 0.5) is 5.13 Å². The van der Waals surface area contributed by atoms with Gasteiger partial charge in [-0.25, -0.2) is 0 Å². The molecule has 3 N–H and O–H groups in total. The molecule has 0 radical (unpaired) electrons. The van der Waals surface area contributed by atoms with E-state index in [1.807, 2.05) is 44.1 Å². The molecule has 1 aromatic heterocycles. The summed E-state index contributed by atoms with van der Waals surface area (Å²) in [5.41, 5.74) is 7.48. The maximum Gasteiger partial charge on any atom is 0.208 e. The SMILES string of the molecule is Cc1ccc(C(N)=NO)c(Sc2nnc(N(C)C)s2)c1. The average Bonchev–Trinajstić information content (AvgIpc) is 2.87. The van der Waals surface area contributed by atoms with E-state index in [0.717, 1.165) is 19.9 Å². The van der Waals surface area contributed by atoms with Gasteiger partial charge >= 0.3 is 0 Å². The highest BCUT2D eigenvalue weighted by molar-refractivity contribution is 8.01. The fourth-order valence-corrected chi connectivity index (χ4v) is 3.46. The maximum absolute atomic E-state index is 8.85. The van der Waals surface area contributed by atoms with E-state index in [1.54, 1.807) is 0 Å². The van der Waals surface area contributed by atoms with Gasteiger partial charge in [0, 0.05) is 24.6 Å². The van der Waals surface area contributed by atoms with Gasteiger partial charge < -0.3 is 15.8 Å². The number of aromatic nitrogens is 2. The van der Waals surface area contributed by atoms with E-state index in [9.17, 15) is 0 Å². The van der Waals surface area contributed by atoms with Crippen molar-refractivity contribution in [2.24, 2.45) is 10.9 Å². The van der Waals surface area contributed by atoms with E-state index in [4.69, 9.17) is 10.9 Å². The molecule has 0 saturated heterocycles. The number of nitrogens with zero attached hydrogens (tertiary/aromatic N) is 4. The van der Waals surface area contributed by atoms with Crippen LogP contribution < -0.4 is 10.6 Å².